The first kappa shape index (κ1) is 13.6. The lowest BCUT2D eigenvalue weighted by molar-refractivity contribution is 0.0733. The van der Waals surface area contributed by atoms with Gasteiger partial charge in [-0.1, -0.05) is 18.2 Å². The Hall–Kier alpha value is -2.40. The van der Waals surface area contributed by atoms with E-state index in [-0.39, 0.29) is 5.91 Å². The SMILES string of the molecule is NCc1cc(C(=O)N2CCOc3ccccc3C2)ccn1. The molecule has 1 amide bonds. The number of carbonyl (C=O) groups excluding carboxylic acids is 1. The second kappa shape index (κ2) is 5.93. The summed E-state index contributed by atoms with van der Waals surface area (Å²) in [4.78, 5) is 18.5. The van der Waals surface area contributed by atoms with Gasteiger partial charge < -0.3 is 15.4 Å². The molecule has 5 heteroatoms. The van der Waals surface area contributed by atoms with E-state index in [1.165, 1.54) is 0 Å². The number of para-hydroxylation sites is 1. The maximum Gasteiger partial charge on any atom is 0.254 e. The van der Waals surface area contributed by atoms with Crippen LogP contribution in [0.1, 0.15) is 21.6 Å². The van der Waals surface area contributed by atoms with Crippen molar-refractivity contribution in [3.05, 3.63) is 59.4 Å². The molecule has 0 fully saturated rings. The van der Waals surface area contributed by atoms with Gasteiger partial charge in [0.25, 0.3) is 5.91 Å². The molecule has 0 unspecified atom stereocenters. The normalized spacial score (nSPS) is 14.0. The summed E-state index contributed by atoms with van der Waals surface area (Å²) in [5.74, 6) is 0.831. The van der Waals surface area contributed by atoms with Gasteiger partial charge in [0.1, 0.15) is 12.4 Å². The van der Waals surface area contributed by atoms with Crippen LogP contribution in [0.2, 0.25) is 0 Å². The van der Waals surface area contributed by atoms with Crippen LogP contribution in [0.5, 0.6) is 5.75 Å². The third-order valence-corrected chi connectivity index (χ3v) is 3.51. The van der Waals surface area contributed by atoms with Crippen molar-refractivity contribution in [1.29, 1.82) is 0 Å². The van der Waals surface area contributed by atoms with Crippen molar-refractivity contribution in [1.82, 2.24) is 9.88 Å². The number of hydrogen-bond acceptors (Lipinski definition) is 4. The summed E-state index contributed by atoms with van der Waals surface area (Å²) in [5, 5.41) is 0. The third-order valence-electron chi connectivity index (χ3n) is 3.51. The Morgan fingerprint density at radius 1 is 1.33 bits per heavy atom. The smallest absolute Gasteiger partial charge is 0.254 e. The number of aromatic nitrogens is 1. The van der Waals surface area contributed by atoms with E-state index in [1.807, 2.05) is 24.3 Å². The van der Waals surface area contributed by atoms with Crippen LogP contribution < -0.4 is 10.5 Å². The lowest BCUT2D eigenvalue weighted by Crippen LogP contribution is -2.32. The molecule has 2 N–H and O–H groups in total. The molecular formula is C16H17N3O2. The second-order valence-electron chi connectivity index (χ2n) is 4.92. The van der Waals surface area contributed by atoms with Crippen molar-refractivity contribution in [3.8, 4) is 5.75 Å². The van der Waals surface area contributed by atoms with Crippen molar-refractivity contribution in [2.75, 3.05) is 13.2 Å². The van der Waals surface area contributed by atoms with Gasteiger partial charge in [0.05, 0.1) is 12.2 Å². The number of pyridine rings is 1. The van der Waals surface area contributed by atoms with E-state index in [1.54, 1.807) is 23.2 Å². The van der Waals surface area contributed by atoms with Gasteiger partial charge in [-0.05, 0) is 18.2 Å². The maximum absolute atomic E-state index is 12.6. The number of fused-ring (bicyclic) bond motifs is 1. The van der Waals surface area contributed by atoms with Gasteiger partial charge in [-0.2, -0.15) is 0 Å². The minimum absolute atomic E-state index is 0.0209. The molecule has 3 rings (SSSR count). The predicted molar refractivity (Wildman–Crippen MR) is 78.8 cm³/mol. The van der Waals surface area contributed by atoms with Crippen molar-refractivity contribution in [2.45, 2.75) is 13.1 Å². The Labute approximate surface area is 123 Å². The predicted octanol–water partition coefficient (Wildman–Crippen LogP) is 1.58. The van der Waals surface area contributed by atoms with E-state index in [2.05, 4.69) is 4.98 Å². The van der Waals surface area contributed by atoms with Gasteiger partial charge in [0.15, 0.2) is 0 Å². The number of benzene rings is 1. The largest absolute Gasteiger partial charge is 0.491 e. The first-order valence-corrected chi connectivity index (χ1v) is 6.93. The number of ether oxygens (including phenoxy) is 1. The number of carbonyl (C=O) groups is 1. The quantitative estimate of drug-likeness (QED) is 0.908. The van der Waals surface area contributed by atoms with Crippen LogP contribution in [0, 0.1) is 0 Å². The number of hydrogen-bond donors (Lipinski definition) is 1. The summed E-state index contributed by atoms with van der Waals surface area (Å²) in [6.07, 6.45) is 1.62. The van der Waals surface area contributed by atoms with Crippen LogP contribution in [0.3, 0.4) is 0 Å². The molecule has 0 saturated heterocycles. The summed E-state index contributed by atoms with van der Waals surface area (Å²) in [5.41, 5.74) is 7.93. The van der Waals surface area contributed by atoms with Crippen molar-refractivity contribution >= 4 is 5.91 Å². The zero-order valence-electron chi connectivity index (χ0n) is 11.7. The molecule has 1 aromatic heterocycles. The Balaban J connectivity index is 1.84. The fourth-order valence-electron chi connectivity index (χ4n) is 2.40. The first-order chi connectivity index (χ1) is 10.3. The summed E-state index contributed by atoms with van der Waals surface area (Å²) in [6.45, 7) is 1.94. The minimum Gasteiger partial charge on any atom is -0.491 e. The molecule has 2 aromatic rings. The van der Waals surface area contributed by atoms with Gasteiger partial charge in [-0.15, -0.1) is 0 Å². The molecule has 0 atom stereocenters. The Morgan fingerprint density at radius 2 is 2.19 bits per heavy atom. The number of nitrogens with zero attached hydrogens (tertiary/aromatic N) is 2. The van der Waals surface area contributed by atoms with Gasteiger partial charge in [-0.3, -0.25) is 9.78 Å². The second-order valence-corrected chi connectivity index (χ2v) is 4.92. The van der Waals surface area contributed by atoms with Crippen LogP contribution in [-0.2, 0) is 13.1 Å². The molecular weight excluding hydrogens is 266 g/mol. The zero-order valence-corrected chi connectivity index (χ0v) is 11.7. The Bertz CT molecular complexity index is 657. The fraction of sp³-hybridized carbons (Fsp3) is 0.250. The highest BCUT2D eigenvalue weighted by atomic mass is 16.5. The molecule has 1 aromatic carbocycles. The van der Waals surface area contributed by atoms with E-state index in [9.17, 15) is 4.79 Å². The van der Waals surface area contributed by atoms with E-state index < -0.39 is 0 Å². The van der Waals surface area contributed by atoms with E-state index in [0.29, 0.717) is 37.5 Å². The van der Waals surface area contributed by atoms with Crippen LogP contribution in [0.4, 0.5) is 0 Å². The summed E-state index contributed by atoms with van der Waals surface area (Å²) < 4.78 is 5.68. The molecule has 2 heterocycles. The fourth-order valence-corrected chi connectivity index (χ4v) is 2.40. The van der Waals surface area contributed by atoms with Gasteiger partial charge in [-0.25, -0.2) is 0 Å². The topological polar surface area (TPSA) is 68.5 Å². The molecule has 108 valence electrons. The Kier molecular flexibility index (Phi) is 3.83. The molecule has 0 saturated carbocycles. The summed E-state index contributed by atoms with van der Waals surface area (Å²) in [7, 11) is 0. The Morgan fingerprint density at radius 3 is 3.05 bits per heavy atom. The average molecular weight is 283 g/mol. The highest BCUT2D eigenvalue weighted by molar-refractivity contribution is 5.94. The molecule has 21 heavy (non-hydrogen) atoms. The lowest BCUT2D eigenvalue weighted by Gasteiger charge is -2.20. The minimum atomic E-state index is -0.0209. The molecule has 1 aliphatic rings. The third kappa shape index (κ3) is 2.87. The monoisotopic (exact) mass is 283 g/mol. The van der Waals surface area contributed by atoms with Crippen LogP contribution in [0.25, 0.3) is 0 Å². The van der Waals surface area contributed by atoms with Crippen LogP contribution in [-0.4, -0.2) is 28.9 Å². The van der Waals surface area contributed by atoms with Gasteiger partial charge in [0.2, 0.25) is 0 Å². The van der Waals surface area contributed by atoms with Crippen molar-refractivity contribution < 1.29 is 9.53 Å². The van der Waals surface area contributed by atoms with Crippen LogP contribution >= 0.6 is 0 Å². The van der Waals surface area contributed by atoms with E-state index in [4.69, 9.17) is 10.5 Å². The van der Waals surface area contributed by atoms with Gasteiger partial charge >= 0.3 is 0 Å². The van der Waals surface area contributed by atoms with Gasteiger partial charge in [0, 0.05) is 30.4 Å². The molecule has 0 aliphatic carbocycles. The summed E-state index contributed by atoms with van der Waals surface area (Å²) in [6, 6.07) is 11.3. The number of rotatable bonds is 2. The highest BCUT2D eigenvalue weighted by Gasteiger charge is 2.20. The van der Waals surface area contributed by atoms with Crippen molar-refractivity contribution in [3.63, 3.8) is 0 Å². The molecule has 0 bridgehead atoms. The van der Waals surface area contributed by atoms with Crippen molar-refractivity contribution in [2.24, 2.45) is 5.73 Å². The lowest BCUT2D eigenvalue weighted by atomic mass is 10.1. The molecule has 5 nitrogen and oxygen atoms in total. The highest BCUT2D eigenvalue weighted by Crippen LogP contribution is 2.23. The standard InChI is InChI=1S/C16H17N3O2/c17-10-14-9-12(5-6-18-14)16(20)19-7-8-21-15-4-2-1-3-13(15)11-19/h1-6,9H,7-8,10-11,17H2. The number of nitrogens with two attached hydrogens (primary N) is 1. The molecule has 1 aliphatic heterocycles. The zero-order chi connectivity index (χ0) is 14.7. The average Bonchev–Trinajstić information content (AvgIpc) is 2.76. The van der Waals surface area contributed by atoms with E-state index in [0.717, 1.165) is 11.3 Å². The van der Waals surface area contributed by atoms with E-state index >= 15 is 0 Å². The maximum atomic E-state index is 12.6. The summed E-state index contributed by atoms with van der Waals surface area (Å²) >= 11 is 0. The molecule has 0 spiro atoms. The first-order valence-electron chi connectivity index (χ1n) is 6.93. The molecule has 0 radical (unpaired) electrons. The van der Waals surface area contributed by atoms with Crippen LogP contribution in [0.15, 0.2) is 42.6 Å². The number of amides is 1.